The Morgan fingerprint density at radius 2 is 1.96 bits per heavy atom. The van der Waals surface area contributed by atoms with Gasteiger partial charge in [0.15, 0.2) is 5.13 Å². The molecule has 1 aliphatic rings. The van der Waals surface area contributed by atoms with Crippen LogP contribution < -0.4 is 5.32 Å². The average molecular weight is 390 g/mol. The molecule has 0 aliphatic carbocycles. The van der Waals surface area contributed by atoms with Gasteiger partial charge in [0.25, 0.3) is 0 Å². The third-order valence-electron chi connectivity index (χ3n) is 4.53. The molecule has 2 amide bonds. The van der Waals surface area contributed by atoms with Crippen molar-refractivity contribution in [3.8, 4) is 11.4 Å². The van der Waals surface area contributed by atoms with Gasteiger partial charge in [-0.05, 0) is 29.3 Å². The Hall–Kier alpha value is -3.32. The zero-order valence-corrected chi connectivity index (χ0v) is 16.0. The highest BCUT2D eigenvalue weighted by Crippen LogP contribution is 2.33. The number of hydrogen-bond donors (Lipinski definition) is 1. The first-order valence-electron chi connectivity index (χ1n) is 8.84. The minimum atomic E-state index is -0.339. The summed E-state index contributed by atoms with van der Waals surface area (Å²) in [7, 11) is 0. The van der Waals surface area contributed by atoms with Gasteiger partial charge in [-0.25, -0.2) is 4.98 Å². The summed E-state index contributed by atoms with van der Waals surface area (Å²) in [4.78, 5) is 35.0. The number of aromatic nitrogens is 2. The molecule has 1 aromatic carbocycles. The van der Waals surface area contributed by atoms with Gasteiger partial charge in [0.1, 0.15) is 5.69 Å². The quantitative estimate of drug-likeness (QED) is 0.727. The van der Waals surface area contributed by atoms with Crippen molar-refractivity contribution >= 4 is 34.4 Å². The maximum Gasteiger partial charge on any atom is 0.228 e. The van der Waals surface area contributed by atoms with Crippen molar-refractivity contribution in [1.29, 1.82) is 0 Å². The van der Waals surface area contributed by atoms with E-state index in [2.05, 4.69) is 15.3 Å². The van der Waals surface area contributed by atoms with Crippen molar-refractivity contribution in [2.75, 3.05) is 5.32 Å². The van der Waals surface area contributed by atoms with Crippen molar-refractivity contribution in [3.05, 3.63) is 71.4 Å². The van der Waals surface area contributed by atoms with Gasteiger partial charge in [-0.1, -0.05) is 30.3 Å². The van der Waals surface area contributed by atoms with Crippen molar-refractivity contribution in [2.24, 2.45) is 0 Å². The Labute approximate surface area is 166 Å². The van der Waals surface area contributed by atoms with Gasteiger partial charge < -0.3 is 10.2 Å². The molecule has 28 heavy (non-hydrogen) atoms. The Balaban J connectivity index is 1.51. The summed E-state index contributed by atoms with van der Waals surface area (Å²) in [5.74, 6) is -0.293. The predicted molar refractivity (Wildman–Crippen MR) is 109 cm³/mol. The number of thiazole rings is 1. The molecule has 0 fully saturated rings. The van der Waals surface area contributed by atoms with E-state index in [1.54, 1.807) is 17.3 Å². The summed E-state index contributed by atoms with van der Waals surface area (Å²) in [6.45, 7) is 1.50. The monoisotopic (exact) mass is 390 g/mol. The highest BCUT2D eigenvalue weighted by atomic mass is 32.1. The van der Waals surface area contributed by atoms with E-state index in [0.717, 1.165) is 22.5 Å². The number of fused-ring (bicyclic) bond motifs is 1. The predicted octanol–water partition coefficient (Wildman–Crippen LogP) is 4.11. The zero-order valence-electron chi connectivity index (χ0n) is 15.2. The second-order valence-corrected chi connectivity index (χ2v) is 7.25. The summed E-state index contributed by atoms with van der Waals surface area (Å²) < 4.78 is 0. The molecule has 3 aromatic rings. The number of hydrogen-bond acceptors (Lipinski definition) is 5. The van der Waals surface area contributed by atoms with E-state index >= 15 is 0 Å². The number of benzene rings is 1. The molecule has 0 saturated carbocycles. The highest BCUT2D eigenvalue weighted by Gasteiger charge is 2.28. The number of anilines is 1. The third kappa shape index (κ3) is 3.70. The van der Waals surface area contributed by atoms with Crippen LogP contribution in [0.25, 0.3) is 17.5 Å². The number of nitrogens with one attached hydrogen (secondary N) is 1. The largest absolute Gasteiger partial charge is 0.311 e. The maximum atomic E-state index is 12.7. The number of carbonyl (C=O) groups is 2. The maximum absolute atomic E-state index is 12.7. The molecule has 1 aliphatic heterocycles. The van der Waals surface area contributed by atoms with Gasteiger partial charge in [0.05, 0.1) is 18.2 Å². The zero-order chi connectivity index (χ0) is 19.5. The second-order valence-electron chi connectivity index (χ2n) is 6.39. The summed E-state index contributed by atoms with van der Waals surface area (Å²) in [6, 6.07) is 13.1. The molecular weight excluding hydrogens is 372 g/mol. The van der Waals surface area contributed by atoms with E-state index in [1.807, 2.05) is 53.9 Å². The number of pyridine rings is 1. The first-order valence-corrected chi connectivity index (χ1v) is 9.72. The van der Waals surface area contributed by atoms with E-state index in [9.17, 15) is 9.59 Å². The lowest BCUT2D eigenvalue weighted by molar-refractivity contribution is -0.129. The molecular formula is C21H18N4O2S. The number of nitrogens with zero attached hydrogens (tertiary/aromatic N) is 3. The molecule has 0 unspecified atom stereocenters. The van der Waals surface area contributed by atoms with Crippen LogP contribution >= 0.6 is 11.3 Å². The van der Waals surface area contributed by atoms with Gasteiger partial charge in [0.2, 0.25) is 11.8 Å². The lowest BCUT2D eigenvalue weighted by atomic mass is 9.93. The second kappa shape index (κ2) is 7.74. The Morgan fingerprint density at radius 3 is 2.75 bits per heavy atom. The van der Waals surface area contributed by atoms with Crippen LogP contribution in [-0.4, -0.2) is 26.7 Å². The molecule has 7 heteroatoms. The summed E-state index contributed by atoms with van der Waals surface area (Å²) in [5.41, 5.74) is 3.46. The number of rotatable bonds is 4. The molecule has 1 N–H and O–H groups in total. The van der Waals surface area contributed by atoms with E-state index in [-0.39, 0.29) is 24.3 Å². The smallest absolute Gasteiger partial charge is 0.228 e. The molecule has 0 bridgehead atoms. The minimum absolute atomic E-state index is 0.102. The summed E-state index contributed by atoms with van der Waals surface area (Å²) in [5, 5.41) is 5.22. The fourth-order valence-electron chi connectivity index (χ4n) is 3.22. The number of carbonyl (C=O) groups excluding carboxylic acids is 2. The molecule has 0 radical (unpaired) electrons. The van der Waals surface area contributed by atoms with E-state index in [0.29, 0.717) is 5.13 Å². The van der Waals surface area contributed by atoms with Crippen LogP contribution in [0.2, 0.25) is 0 Å². The molecule has 3 heterocycles. The Kier molecular flexibility index (Phi) is 4.99. The van der Waals surface area contributed by atoms with Gasteiger partial charge in [-0.15, -0.1) is 11.3 Å². The van der Waals surface area contributed by atoms with E-state index in [1.165, 1.54) is 18.3 Å². The molecule has 4 rings (SSSR count). The molecule has 140 valence electrons. The normalized spacial score (nSPS) is 15.2. The Morgan fingerprint density at radius 1 is 1.14 bits per heavy atom. The Bertz CT molecular complexity index is 1050. The SMILES string of the molecule is CC(=O)N1C=Cc2ccccc2[C@@H]1CC(=O)Nc1nc(-c2ccccn2)cs1. The first kappa shape index (κ1) is 18.1. The van der Waals surface area contributed by atoms with Gasteiger partial charge >= 0.3 is 0 Å². The van der Waals surface area contributed by atoms with E-state index in [4.69, 9.17) is 0 Å². The molecule has 1 atom stereocenters. The average Bonchev–Trinajstić information content (AvgIpc) is 3.17. The van der Waals surface area contributed by atoms with Crippen LogP contribution in [0.1, 0.15) is 30.5 Å². The lowest BCUT2D eigenvalue weighted by Gasteiger charge is -2.32. The highest BCUT2D eigenvalue weighted by molar-refractivity contribution is 7.14. The molecule has 0 spiro atoms. The first-order chi connectivity index (χ1) is 13.6. The standard InChI is InChI=1S/C21H18N4O2S/c1-14(26)25-11-9-15-6-2-3-7-16(15)19(25)12-20(27)24-21-23-18(13-28-21)17-8-4-5-10-22-17/h2-11,13,19H,12H2,1H3,(H,23,24,27)/t19-/m0/s1. The van der Waals surface area contributed by atoms with Crippen LogP contribution in [-0.2, 0) is 9.59 Å². The summed E-state index contributed by atoms with van der Waals surface area (Å²) >= 11 is 1.35. The topological polar surface area (TPSA) is 75.2 Å². The van der Waals surface area contributed by atoms with Gasteiger partial charge in [0, 0.05) is 24.7 Å². The van der Waals surface area contributed by atoms with E-state index < -0.39 is 0 Å². The molecule has 6 nitrogen and oxygen atoms in total. The minimum Gasteiger partial charge on any atom is -0.311 e. The van der Waals surface area contributed by atoms with Crippen LogP contribution in [0.3, 0.4) is 0 Å². The van der Waals surface area contributed by atoms with Crippen molar-refractivity contribution in [3.63, 3.8) is 0 Å². The van der Waals surface area contributed by atoms with Crippen LogP contribution in [0.5, 0.6) is 0 Å². The number of amides is 2. The van der Waals surface area contributed by atoms with Gasteiger partial charge in [-0.2, -0.15) is 0 Å². The summed E-state index contributed by atoms with van der Waals surface area (Å²) in [6.07, 6.45) is 5.49. The molecule has 2 aromatic heterocycles. The fourth-order valence-corrected chi connectivity index (χ4v) is 3.94. The third-order valence-corrected chi connectivity index (χ3v) is 5.28. The van der Waals surface area contributed by atoms with Crippen molar-refractivity contribution < 1.29 is 9.59 Å². The van der Waals surface area contributed by atoms with Crippen LogP contribution in [0.15, 0.2) is 60.2 Å². The van der Waals surface area contributed by atoms with Crippen LogP contribution in [0.4, 0.5) is 5.13 Å². The van der Waals surface area contributed by atoms with Gasteiger partial charge in [-0.3, -0.25) is 14.6 Å². The lowest BCUT2D eigenvalue weighted by Crippen LogP contribution is -2.33. The fraction of sp³-hybridized carbons (Fsp3) is 0.143. The van der Waals surface area contributed by atoms with Crippen LogP contribution in [0, 0.1) is 0 Å². The molecule has 0 saturated heterocycles. The van der Waals surface area contributed by atoms with Crippen molar-refractivity contribution in [2.45, 2.75) is 19.4 Å². The van der Waals surface area contributed by atoms with Crippen molar-refractivity contribution in [1.82, 2.24) is 14.9 Å².